The SMILES string of the molecule is O=C(CCOc1c(Cl)cccc1Cl)Nc1ccccc1. The highest BCUT2D eigenvalue weighted by Gasteiger charge is 2.08. The molecule has 0 unspecified atom stereocenters. The maximum absolute atomic E-state index is 11.7. The fourth-order valence-electron chi connectivity index (χ4n) is 1.61. The second-order valence-corrected chi connectivity index (χ2v) is 4.88. The van der Waals surface area contributed by atoms with Gasteiger partial charge < -0.3 is 10.1 Å². The molecule has 0 bridgehead atoms. The summed E-state index contributed by atoms with van der Waals surface area (Å²) in [7, 11) is 0. The van der Waals surface area contributed by atoms with Crippen LogP contribution in [0.5, 0.6) is 5.75 Å². The van der Waals surface area contributed by atoms with E-state index in [-0.39, 0.29) is 18.9 Å². The topological polar surface area (TPSA) is 38.3 Å². The second-order valence-electron chi connectivity index (χ2n) is 4.06. The van der Waals surface area contributed by atoms with Crippen molar-refractivity contribution in [1.82, 2.24) is 0 Å². The van der Waals surface area contributed by atoms with Crippen molar-refractivity contribution in [3.05, 3.63) is 58.6 Å². The molecule has 2 aromatic carbocycles. The lowest BCUT2D eigenvalue weighted by atomic mass is 10.3. The summed E-state index contributed by atoms with van der Waals surface area (Å²) < 4.78 is 5.45. The van der Waals surface area contributed by atoms with E-state index in [1.54, 1.807) is 18.2 Å². The standard InChI is InChI=1S/C15H13Cl2NO2/c16-12-7-4-8-13(17)15(12)20-10-9-14(19)18-11-5-2-1-3-6-11/h1-8H,9-10H2,(H,18,19). The molecule has 0 fully saturated rings. The van der Waals surface area contributed by atoms with Gasteiger partial charge in [0.25, 0.3) is 0 Å². The van der Waals surface area contributed by atoms with Crippen LogP contribution in [0.3, 0.4) is 0 Å². The van der Waals surface area contributed by atoms with E-state index < -0.39 is 0 Å². The molecule has 0 radical (unpaired) electrons. The van der Waals surface area contributed by atoms with Crippen molar-refractivity contribution in [3.8, 4) is 5.75 Å². The summed E-state index contributed by atoms with van der Waals surface area (Å²) in [5.41, 5.74) is 0.758. The van der Waals surface area contributed by atoms with E-state index in [9.17, 15) is 4.79 Å². The summed E-state index contributed by atoms with van der Waals surface area (Å²) >= 11 is 11.9. The molecule has 104 valence electrons. The fraction of sp³-hybridized carbons (Fsp3) is 0.133. The largest absolute Gasteiger partial charge is 0.490 e. The van der Waals surface area contributed by atoms with Gasteiger partial charge in [0.15, 0.2) is 5.75 Å². The van der Waals surface area contributed by atoms with Crippen molar-refractivity contribution < 1.29 is 9.53 Å². The highest BCUT2D eigenvalue weighted by atomic mass is 35.5. The number of anilines is 1. The Balaban J connectivity index is 1.83. The summed E-state index contributed by atoms with van der Waals surface area (Å²) in [6, 6.07) is 14.4. The number of carbonyl (C=O) groups is 1. The maximum Gasteiger partial charge on any atom is 0.227 e. The van der Waals surface area contributed by atoms with E-state index in [4.69, 9.17) is 27.9 Å². The number of halogens is 2. The Bertz CT molecular complexity index is 567. The number of benzene rings is 2. The average molecular weight is 310 g/mol. The quantitative estimate of drug-likeness (QED) is 0.889. The van der Waals surface area contributed by atoms with Crippen molar-refractivity contribution in [1.29, 1.82) is 0 Å². The molecular weight excluding hydrogens is 297 g/mol. The van der Waals surface area contributed by atoms with Crippen LogP contribution in [-0.2, 0) is 4.79 Å². The molecule has 2 rings (SSSR count). The van der Waals surface area contributed by atoms with Crippen molar-refractivity contribution in [2.75, 3.05) is 11.9 Å². The van der Waals surface area contributed by atoms with Crippen LogP contribution in [0.2, 0.25) is 10.0 Å². The zero-order chi connectivity index (χ0) is 14.4. The molecule has 3 nitrogen and oxygen atoms in total. The molecule has 0 saturated carbocycles. The summed E-state index contributed by atoms with van der Waals surface area (Å²) in [4.78, 5) is 11.7. The Hall–Kier alpha value is -1.71. The van der Waals surface area contributed by atoms with Gasteiger partial charge in [0.1, 0.15) is 0 Å². The third-order valence-electron chi connectivity index (χ3n) is 2.55. The lowest BCUT2D eigenvalue weighted by Crippen LogP contribution is -2.15. The molecule has 0 aliphatic carbocycles. The van der Waals surface area contributed by atoms with Crippen LogP contribution in [0, 0.1) is 0 Å². The molecule has 0 atom stereocenters. The van der Waals surface area contributed by atoms with Crippen LogP contribution in [-0.4, -0.2) is 12.5 Å². The van der Waals surface area contributed by atoms with Gasteiger partial charge in [-0.15, -0.1) is 0 Å². The molecule has 0 saturated heterocycles. The van der Waals surface area contributed by atoms with E-state index in [2.05, 4.69) is 5.32 Å². The van der Waals surface area contributed by atoms with Crippen LogP contribution in [0.4, 0.5) is 5.69 Å². The summed E-state index contributed by atoms with van der Waals surface area (Å²) in [5, 5.41) is 3.64. The molecule has 20 heavy (non-hydrogen) atoms. The van der Waals surface area contributed by atoms with Gasteiger partial charge in [-0.2, -0.15) is 0 Å². The third kappa shape index (κ3) is 4.15. The minimum Gasteiger partial charge on any atom is -0.490 e. The minimum atomic E-state index is -0.126. The number of hydrogen-bond acceptors (Lipinski definition) is 2. The van der Waals surface area contributed by atoms with Crippen LogP contribution >= 0.6 is 23.2 Å². The van der Waals surface area contributed by atoms with Gasteiger partial charge >= 0.3 is 0 Å². The highest BCUT2D eigenvalue weighted by Crippen LogP contribution is 2.32. The lowest BCUT2D eigenvalue weighted by molar-refractivity contribution is -0.116. The number of nitrogens with one attached hydrogen (secondary N) is 1. The van der Waals surface area contributed by atoms with E-state index >= 15 is 0 Å². The highest BCUT2D eigenvalue weighted by molar-refractivity contribution is 6.37. The first kappa shape index (κ1) is 14.7. The molecule has 0 spiro atoms. The van der Waals surface area contributed by atoms with Crippen LogP contribution < -0.4 is 10.1 Å². The maximum atomic E-state index is 11.7. The van der Waals surface area contributed by atoms with E-state index in [1.165, 1.54) is 0 Å². The van der Waals surface area contributed by atoms with Gasteiger partial charge in [0.2, 0.25) is 5.91 Å². The van der Waals surface area contributed by atoms with E-state index in [0.29, 0.717) is 15.8 Å². The third-order valence-corrected chi connectivity index (χ3v) is 3.15. The van der Waals surface area contributed by atoms with Crippen LogP contribution in [0.15, 0.2) is 48.5 Å². The average Bonchev–Trinajstić information content (AvgIpc) is 2.43. The van der Waals surface area contributed by atoms with Crippen molar-refractivity contribution >= 4 is 34.8 Å². The zero-order valence-electron chi connectivity index (χ0n) is 10.6. The number of carbonyl (C=O) groups excluding carboxylic acids is 1. The van der Waals surface area contributed by atoms with Gasteiger partial charge in [-0.25, -0.2) is 0 Å². The molecule has 0 aromatic heterocycles. The number of rotatable bonds is 5. The Morgan fingerprint density at radius 3 is 2.30 bits per heavy atom. The molecule has 0 heterocycles. The van der Waals surface area contributed by atoms with Crippen molar-refractivity contribution in [3.63, 3.8) is 0 Å². The Kier molecular flexibility index (Phi) is 5.27. The molecule has 0 aliphatic rings. The molecule has 5 heteroatoms. The first-order chi connectivity index (χ1) is 9.66. The van der Waals surface area contributed by atoms with Gasteiger partial charge in [-0.1, -0.05) is 47.5 Å². The summed E-state index contributed by atoms with van der Waals surface area (Å²) in [6.45, 7) is 0.210. The Morgan fingerprint density at radius 2 is 1.65 bits per heavy atom. The smallest absolute Gasteiger partial charge is 0.227 e. The summed E-state index contributed by atoms with van der Waals surface area (Å²) in [6.07, 6.45) is 0.219. The summed E-state index contributed by atoms with van der Waals surface area (Å²) in [5.74, 6) is 0.280. The predicted octanol–water partition coefficient (Wildman–Crippen LogP) is 4.40. The van der Waals surface area contributed by atoms with Crippen molar-refractivity contribution in [2.45, 2.75) is 6.42 Å². The minimum absolute atomic E-state index is 0.126. The monoisotopic (exact) mass is 309 g/mol. The number of amides is 1. The van der Waals surface area contributed by atoms with E-state index in [0.717, 1.165) is 5.69 Å². The first-order valence-electron chi connectivity index (χ1n) is 6.08. The lowest BCUT2D eigenvalue weighted by Gasteiger charge is -2.09. The molecule has 1 amide bonds. The Morgan fingerprint density at radius 1 is 1.00 bits per heavy atom. The van der Waals surface area contributed by atoms with Crippen LogP contribution in [0.25, 0.3) is 0 Å². The molecule has 0 aliphatic heterocycles. The number of para-hydroxylation sites is 2. The molecular formula is C15H13Cl2NO2. The van der Waals surface area contributed by atoms with Gasteiger partial charge in [0.05, 0.1) is 23.1 Å². The fourth-order valence-corrected chi connectivity index (χ4v) is 2.12. The van der Waals surface area contributed by atoms with Crippen LogP contribution in [0.1, 0.15) is 6.42 Å². The zero-order valence-corrected chi connectivity index (χ0v) is 12.1. The number of ether oxygens (including phenoxy) is 1. The normalized spacial score (nSPS) is 10.1. The number of hydrogen-bond donors (Lipinski definition) is 1. The first-order valence-corrected chi connectivity index (χ1v) is 6.84. The van der Waals surface area contributed by atoms with E-state index in [1.807, 2.05) is 30.3 Å². The molecule has 2 aromatic rings. The van der Waals surface area contributed by atoms with Crippen molar-refractivity contribution in [2.24, 2.45) is 0 Å². The van der Waals surface area contributed by atoms with Gasteiger partial charge in [0, 0.05) is 5.69 Å². The molecule has 1 N–H and O–H groups in total. The Labute approximate surface area is 127 Å². The second kappa shape index (κ2) is 7.17. The van der Waals surface area contributed by atoms with Gasteiger partial charge in [-0.3, -0.25) is 4.79 Å². The van der Waals surface area contributed by atoms with Gasteiger partial charge in [-0.05, 0) is 24.3 Å². The predicted molar refractivity (Wildman–Crippen MR) is 81.6 cm³/mol.